The number of nitrogens with two attached hydrogens (primary N) is 1. The standard InChI is InChI=1S/C13H16N2O5/c14-10(6-9-4-2-1-3-5-9)13(20)15(7-11(16)17)8-12(18)19/h1-5,10H,6-8,14H2,(H,16,17)(H,18,19). The van der Waals surface area contributed by atoms with Crippen molar-refractivity contribution in [1.82, 2.24) is 4.90 Å². The summed E-state index contributed by atoms with van der Waals surface area (Å²) in [4.78, 5) is 34.0. The van der Waals surface area contributed by atoms with Gasteiger partial charge < -0.3 is 20.8 Å². The molecule has 0 aliphatic rings. The maximum absolute atomic E-state index is 12.0. The van der Waals surface area contributed by atoms with Crippen molar-refractivity contribution in [3.05, 3.63) is 35.9 Å². The normalized spacial score (nSPS) is 11.7. The largest absolute Gasteiger partial charge is 0.480 e. The first-order valence-corrected chi connectivity index (χ1v) is 5.92. The molecule has 108 valence electrons. The molecule has 7 nitrogen and oxygen atoms in total. The van der Waals surface area contributed by atoms with Gasteiger partial charge in [-0.15, -0.1) is 0 Å². The van der Waals surface area contributed by atoms with E-state index in [1.807, 2.05) is 6.07 Å². The van der Waals surface area contributed by atoms with Gasteiger partial charge in [0.15, 0.2) is 0 Å². The molecule has 0 aliphatic carbocycles. The Morgan fingerprint density at radius 1 is 1.05 bits per heavy atom. The zero-order chi connectivity index (χ0) is 15.1. The Balaban J connectivity index is 2.72. The number of hydrogen-bond donors (Lipinski definition) is 3. The first-order valence-electron chi connectivity index (χ1n) is 5.92. The molecule has 0 bridgehead atoms. The van der Waals surface area contributed by atoms with Crippen LogP contribution in [0, 0.1) is 0 Å². The number of aliphatic carboxylic acids is 2. The van der Waals surface area contributed by atoms with Crippen LogP contribution in [0.25, 0.3) is 0 Å². The van der Waals surface area contributed by atoms with Crippen LogP contribution in [0.15, 0.2) is 30.3 Å². The highest BCUT2D eigenvalue weighted by Gasteiger charge is 2.24. The number of carbonyl (C=O) groups excluding carboxylic acids is 1. The van der Waals surface area contributed by atoms with Crippen molar-refractivity contribution >= 4 is 17.8 Å². The van der Waals surface area contributed by atoms with E-state index in [4.69, 9.17) is 15.9 Å². The molecule has 1 aromatic carbocycles. The summed E-state index contributed by atoms with van der Waals surface area (Å²) in [7, 11) is 0. The van der Waals surface area contributed by atoms with Gasteiger partial charge in [-0.1, -0.05) is 30.3 Å². The molecular formula is C13H16N2O5. The number of rotatable bonds is 7. The highest BCUT2D eigenvalue weighted by atomic mass is 16.4. The molecule has 0 spiro atoms. The molecule has 0 heterocycles. The molecular weight excluding hydrogens is 264 g/mol. The average Bonchev–Trinajstić information content (AvgIpc) is 2.37. The molecule has 1 amide bonds. The minimum atomic E-state index is -1.29. The average molecular weight is 280 g/mol. The summed E-state index contributed by atoms with van der Waals surface area (Å²) in [6.07, 6.45) is 0.218. The van der Waals surface area contributed by atoms with Crippen molar-refractivity contribution in [3.8, 4) is 0 Å². The molecule has 0 saturated heterocycles. The Labute approximate surface area is 115 Å². The molecule has 0 saturated carbocycles. The molecule has 4 N–H and O–H groups in total. The molecule has 1 rings (SSSR count). The Hall–Kier alpha value is -2.41. The van der Waals surface area contributed by atoms with E-state index >= 15 is 0 Å². The first kappa shape index (κ1) is 15.6. The first-order chi connectivity index (χ1) is 9.40. The second-order valence-corrected chi connectivity index (χ2v) is 4.28. The van der Waals surface area contributed by atoms with Crippen molar-refractivity contribution in [2.45, 2.75) is 12.5 Å². The third-order valence-electron chi connectivity index (χ3n) is 2.58. The lowest BCUT2D eigenvalue weighted by molar-refractivity contribution is -0.149. The van der Waals surface area contributed by atoms with Crippen LogP contribution in [0.2, 0.25) is 0 Å². The molecule has 20 heavy (non-hydrogen) atoms. The molecule has 0 fully saturated rings. The number of carboxylic acid groups (broad SMARTS) is 2. The van der Waals surface area contributed by atoms with Crippen molar-refractivity contribution in [2.75, 3.05) is 13.1 Å². The number of carbonyl (C=O) groups is 3. The van der Waals surface area contributed by atoms with E-state index in [9.17, 15) is 14.4 Å². The maximum atomic E-state index is 12.0. The summed E-state index contributed by atoms with van der Waals surface area (Å²) in [5, 5.41) is 17.4. The third kappa shape index (κ3) is 5.07. The van der Waals surface area contributed by atoms with Gasteiger partial charge in [0, 0.05) is 0 Å². The SMILES string of the molecule is NC(Cc1ccccc1)C(=O)N(CC(=O)O)CC(=O)O. The van der Waals surface area contributed by atoms with Gasteiger partial charge in [0.2, 0.25) is 5.91 Å². The summed E-state index contributed by atoms with van der Waals surface area (Å²) in [5.41, 5.74) is 6.54. The molecule has 1 unspecified atom stereocenters. The van der Waals surface area contributed by atoms with Crippen LogP contribution in [0.3, 0.4) is 0 Å². The van der Waals surface area contributed by atoms with Crippen LogP contribution in [0.1, 0.15) is 5.56 Å². The van der Waals surface area contributed by atoms with Crippen molar-refractivity contribution < 1.29 is 24.6 Å². The Bertz CT molecular complexity index is 473. The fourth-order valence-electron chi connectivity index (χ4n) is 1.73. The molecule has 0 aliphatic heterocycles. The number of carboxylic acids is 2. The van der Waals surface area contributed by atoms with Crippen LogP contribution in [-0.2, 0) is 20.8 Å². The minimum Gasteiger partial charge on any atom is -0.480 e. The maximum Gasteiger partial charge on any atom is 0.323 e. The lowest BCUT2D eigenvalue weighted by Gasteiger charge is -2.22. The van der Waals surface area contributed by atoms with Crippen LogP contribution in [0.4, 0.5) is 0 Å². The fourth-order valence-corrected chi connectivity index (χ4v) is 1.73. The summed E-state index contributed by atoms with van der Waals surface area (Å²) in [6.45, 7) is -1.37. The van der Waals surface area contributed by atoms with Gasteiger partial charge in [0.1, 0.15) is 13.1 Å². The lowest BCUT2D eigenvalue weighted by atomic mass is 10.1. The predicted molar refractivity (Wildman–Crippen MR) is 70.0 cm³/mol. The van der Waals surface area contributed by atoms with Crippen molar-refractivity contribution in [3.63, 3.8) is 0 Å². The van der Waals surface area contributed by atoms with Gasteiger partial charge in [-0.2, -0.15) is 0 Å². The second-order valence-electron chi connectivity index (χ2n) is 4.28. The van der Waals surface area contributed by atoms with Gasteiger partial charge in [0.05, 0.1) is 6.04 Å². The van der Waals surface area contributed by atoms with E-state index in [1.165, 1.54) is 0 Å². The van der Waals surface area contributed by atoms with Crippen LogP contribution in [-0.4, -0.2) is 52.1 Å². The van der Waals surface area contributed by atoms with Gasteiger partial charge in [-0.3, -0.25) is 14.4 Å². The van der Waals surface area contributed by atoms with Crippen LogP contribution >= 0.6 is 0 Å². The lowest BCUT2D eigenvalue weighted by Crippen LogP contribution is -2.48. The van der Waals surface area contributed by atoms with E-state index in [2.05, 4.69) is 0 Å². The molecule has 1 aromatic rings. The summed E-state index contributed by atoms with van der Waals surface area (Å²) in [5.74, 6) is -3.27. The topological polar surface area (TPSA) is 121 Å². The van der Waals surface area contributed by atoms with Crippen molar-refractivity contribution in [1.29, 1.82) is 0 Å². The number of benzene rings is 1. The summed E-state index contributed by atoms with van der Waals surface area (Å²) in [6, 6.07) is 7.99. The van der Waals surface area contributed by atoms with E-state index in [1.54, 1.807) is 24.3 Å². The summed E-state index contributed by atoms with van der Waals surface area (Å²) >= 11 is 0. The Morgan fingerprint density at radius 3 is 2.00 bits per heavy atom. The van der Waals surface area contributed by atoms with E-state index in [-0.39, 0.29) is 6.42 Å². The number of hydrogen-bond acceptors (Lipinski definition) is 4. The van der Waals surface area contributed by atoms with Gasteiger partial charge in [0.25, 0.3) is 0 Å². The molecule has 7 heteroatoms. The fraction of sp³-hybridized carbons (Fsp3) is 0.308. The molecule has 1 atom stereocenters. The molecule has 0 radical (unpaired) electrons. The van der Waals surface area contributed by atoms with E-state index < -0.39 is 37.0 Å². The highest BCUT2D eigenvalue weighted by Crippen LogP contribution is 2.04. The van der Waals surface area contributed by atoms with Gasteiger partial charge >= 0.3 is 11.9 Å². The summed E-state index contributed by atoms with van der Waals surface area (Å²) < 4.78 is 0. The number of amides is 1. The third-order valence-corrected chi connectivity index (χ3v) is 2.58. The van der Waals surface area contributed by atoms with E-state index in [0.29, 0.717) is 0 Å². The van der Waals surface area contributed by atoms with Crippen molar-refractivity contribution in [2.24, 2.45) is 5.73 Å². The number of nitrogens with zero attached hydrogens (tertiary/aromatic N) is 1. The van der Waals surface area contributed by atoms with Gasteiger partial charge in [-0.05, 0) is 12.0 Å². The van der Waals surface area contributed by atoms with E-state index in [0.717, 1.165) is 10.5 Å². The van der Waals surface area contributed by atoms with Gasteiger partial charge in [-0.25, -0.2) is 0 Å². The Morgan fingerprint density at radius 2 is 1.55 bits per heavy atom. The smallest absolute Gasteiger partial charge is 0.323 e. The zero-order valence-electron chi connectivity index (χ0n) is 10.7. The molecule has 0 aromatic heterocycles. The minimum absolute atomic E-state index is 0.218. The van der Waals surface area contributed by atoms with Crippen LogP contribution < -0.4 is 5.73 Å². The highest BCUT2D eigenvalue weighted by molar-refractivity contribution is 5.88. The zero-order valence-corrected chi connectivity index (χ0v) is 10.7. The quantitative estimate of drug-likeness (QED) is 0.622. The Kier molecular flexibility index (Phi) is 5.67. The van der Waals surface area contributed by atoms with Crippen LogP contribution in [0.5, 0.6) is 0 Å². The predicted octanol–water partition coefficient (Wildman–Crippen LogP) is -0.446. The monoisotopic (exact) mass is 280 g/mol. The second kappa shape index (κ2) is 7.25.